The second-order valence-electron chi connectivity index (χ2n) is 5.22. The van der Waals surface area contributed by atoms with Crippen LogP contribution in [0.25, 0.3) is 0 Å². The fourth-order valence-electron chi connectivity index (χ4n) is 2.35. The Morgan fingerprint density at radius 2 is 2.10 bits per heavy atom. The molecule has 1 aromatic rings. The van der Waals surface area contributed by atoms with Crippen molar-refractivity contribution in [2.24, 2.45) is 0 Å². The van der Waals surface area contributed by atoms with Gasteiger partial charge in [0.1, 0.15) is 11.5 Å². The molecule has 1 heterocycles. The molecular weight excluding hydrogens is 268 g/mol. The number of ether oxygens (including phenoxy) is 2. The molecule has 1 amide bonds. The molecule has 2 rings (SSSR count). The molecule has 21 heavy (non-hydrogen) atoms. The van der Waals surface area contributed by atoms with E-state index in [4.69, 9.17) is 9.47 Å². The van der Waals surface area contributed by atoms with Crippen molar-refractivity contribution < 1.29 is 14.3 Å². The first-order valence-electron chi connectivity index (χ1n) is 7.55. The average Bonchev–Trinajstić information content (AvgIpc) is 3.03. The number of hydrogen-bond acceptors (Lipinski definition) is 4. The Bertz CT molecular complexity index is 428. The van der Waals surface area contributed by atoms with Crippen LogP contribution in [0.3, 0.4) is 0 Å². The topological polar surface area (TPSA) is 59.6 Å². The van der Waals surface area contributed by atoms with Crippen molar-refractivity contribution in [1.29, 1.82) is 0 Å². The fraction of sp³-hybridized carbons (Fsp3) is 0.562. The highest BCUT2D eigenvalue weighted by Crippen LogP contribution is 2.17. The van der Waals surface area contributed by atoms with E-state index in [1.165, 1.54) is 6.42 Å². The van der Waals surface area contributed by atoms with Gasteiger partial charge in [0.15, 0.2) is 0 Å². The SMILES string of the molecule is COc1ccc(OCCCC(=O)NCC2CCCN2)cc1. The zero-order valence-corrected chi connectivity index (χ0v) is 12.6. The Morgan fingerprint density at radius 3 is 2.76 bits per heavy atom. The van der Waals surface area contributed by atoms with Crippen LogP contribution in [-0.4, -0.2) is 38.8 Å². The van der Waals surface area contributed by atoms with Crippen molar-refractivity contribution >= 4 is 5.91 Å². The molecule has 1 aliphatic rings. The minimum Gasteiger partial charge on any atom is -0.497 e. The maximum atomic E-state index is 11.7. The predicted molar refractivity (Wildman–Crippen MR) is 81.8 cm³/mol. The number of carbonyl (C=O) groups is 1. The van der Waals surface area contributed by atoms with Crippen molar-refractivity contribution in [3.05, 3.63) is 24.3 Å². The third-order valence-electron chi connectivity index (χ3n) is 3.58. The van der Waals surface area contributed by atoms with Crippen LogP contribution in [0.5, 0.6) is 11.5 Å². The van der Waals surface area contributed by atoms with Crippen LogP contribution in [0.4, 0.5) is 0 Å². The highest BCUT2D eigenvalue weighted by molar-refractivity contribution is 5.75. The molecule has 0 bridgehead atoms. The second kappa shape index (κ2) is 8.52. The van der Waals surface area contributed by atoms with Crippen molar-refractivity contribution in [2.75, 3.05) is 26.8 Å². The van der Waals surface area contributed by atoms with E-state index >= 15 is 0 Å². The molecule has 1 aliphatic heterocycles. The van der Waals surface area contributed by atoms with Gasteiger partial charge in [-0.2, -0.15) is 0 Å². The first-order valence-corrected chi connectivity index (χ1v) is 7.55. The average molecular weight is 292 g/mol. The summed E-state index contributed by atoms with van der Waals surface area (Å²) in [6, 6.07) is 7.90. The van der Waals surface area contributed by atoms with Gasteiger partial charge in [-0.3, -0.25) is 4.79 Å². The summed E-state index contributed by atoms with van der Waals surface area (Å²) in [7, 11) is 1.63. The van der Waals surface area contributed by atoms with E-state index in [-0.39, 0.29) is 5.91 Å². The van der Waals surface area contributed by atoms with E-state index in [0.29, 0.717) is 19.1 Å². The molecule has 1 saturated heterocycles. The predicted octanol–water partition coefficient (Wildman–Crippen LogP) is 1.72. The van der Waals surface area contributed by atoms with Gasteiger partial charge in [-0.15, -0.1) is 0 Å². The van der Waals surface area contributed by atoms with E-state index in [1.54, 1.807) is 7.11 Å². The summed E-state index contributed by atoms with van der Waals surface area (Å²) >= 11 is 0. The summed E-state index contributed by atoms with van der Waals surface area (Å²) in [4.78, 5) is 11.7. The summed E-state index contributed by atoms with van der Waals surface area (Å²) in [6.07, 6.45) is 3.58. The minimum absolute atomic E-state index is 0.0991. The highest BCUT2D eigenvalue weighted by atomic mass is 16.5. The lowest BCUT2D eigenvalue weighted by molar-refractivity contribution is -0.121. The zero-order chi connectivity index (χ0) is 14.9. The van der Waals surface area contributed by atoms with E-state index in [9.17, 15) is 4.79 Å². The van der Waals surface area contributed by atoms with Crippen molar-refractivity contribution in [3.63, 3.8) is 0 Å². The van der Waals surface area contributed by atoms with Crippen molar-refractivity contribution in [1.82, 2.24) is 10.6 Å². The third kappa shape index (κ3) is 5.63. The molecule has 1 atom stereocenters. The van der Waals surface area contributed by atoms with Gasteiger partial charge in [-0.1, -0.05) is 0 Å². The number of methoxy groups -OCH3 is 1. The van der Waals surface area contributed by atoms with Gasteiger partial charge in [0, 0.05) is 19.0 Å². The van der Waals surface area contributed by atoms with E-state index < -0.39 is 0 Å². The lowest BCUT2D eigenvalue weighted by atomic mass is 10.2. The number of hydrogen-bond donors (Lipinski definition) is 2. The molecule has 0 aliphatic carbocycles. The summed E-state index contributed by atoms with van der Waals surface area (Å²) < 4.78 is 10.7. The number of amides is 1. The van der Waals surface area contributed by atoms with Crippen LogP contribution in [0.15, 0.2) is 24.3 Å². The second-order valence-corrected chi connectivity index (χ2v) is 5.22. The van der Waals surface area contributed by atoms with Crippen molar-refractivity contribution in [3.8, 4) is 11.5 Å². The molecule has 5 heteroatoms. The fourth-order valence-corrected chi connectivity index (χ4v) is 2.35. The van der Waals surface area contributed by atoms with Gasteiger partial charge in [-0.05, 0) is 50.1 Å². The molecule has 1 aromatic carbocycles. The summed E-state index contributed by atoms with van der Waals surface area (Å²) in [6.45, 7) is 2.34. The lowest BCUT2D eigenvalue weighted by Crippen LogP contribution is -2.37. The molecule has 2 N–H and O–H groups in total. The van der Waals surface area contributed by atoms with Gasteiger partial charge < -0.3 is 20.1 Å². The maximum Gasteiger partial charge on any atom is 0.220 e. The van der Waals surface area contributed by atoms with E-state index in [1.807, 2.05) is 24.3 Å². The van der Waals surface area contributed by atoms with Crippen LogP contribution >= 0.6 is 0 Å². The van der Waals surface area contributed by atoms with Gasteiger partial charge >= 0.3 is 0 Å². The van der Waals surface area contributed by atoms with Crippen LogP contribution in [0.1, 0.15) is 25.7 Å². The molecule has 0 saturated carbocycles. The maximum absolute atomic E-state index is 11.7. The molecule has 0 radical (unpaired) electrons. The van der Waals surface area contributed by atoms with Crippen molar-refractivity contribution in [2.45, 2.75) is 31.7 Å². The summed E-state index contributed by atoms with van der Waals surface area (Å²) in [5.74, 6) is 1.70. The molecule has 0 aromatic heterocycles. The molecule has 0 spiro atoms. The van der Waals surface area contributed by atoms with E-state index in [2.05, 4.69) is 10.6 Å². The standard InChI is InChI=1S/C16H24N2O3/c1-20-14-6-8-15(9-7-14)21-11-3-5-16(19)18-12-13-4-2-10-17-13/h6-9,13,17H,2-5,10-12H2,1H3,(H,18,19). The summed E-state index contributed by atoms with van der Waals surface area (Å²) in [5, 5.41) is 6.33. The van der Waals surface area contributed by atoms with Gasteiger partial charge in [0.05, 0.1) is 13.7 Å². The molecule has 1 unspecified atom stereocenters. The Morgan fingerprint density at radius 1 is 1.33 bits per heavy atom. The van der Waals surface area contributed by atoms with Crippen LogP contribution in [0, 0.1) is 0 Å². The van der Waals surface area contributed by atoms with Gasteiger partial charge in [0.25, 0.3) is 0 Å². The molecule has 1 fully saturated rings. The normalized spacial score (nSPS) is 17.5. The molecule has 116 valence electrons. The molecule has 5 nitrogen and oxygen atoms in total. The van der Waals surface area contributed by atoms with Crippen LogP contribution in [-0.2, 0) is 4.79 Å². The Labute approximate surface area is 126 Å². The number of rotatable bonds is 8. The minimum atomic E-state index is 0.0991. The highest BCUT2D eigenvalue weighted by Gasteiger charge is 2.14. The van der Waals surface area contributed by atoms with Crippen LogP contribution in [0.2, 0.25) is 0 Å². The van der Waals surface area contributed by atoms with E-state index in [0.717, 1.165) is 37.4 Å². The Balaban J connectivity index is 1.54. The van der Waals surface area contributed by atoms with Gasteiger partial charge in [0.2, 0.25) is 5.91 Å². The first-order chi connectivity index (χ1) is 10.3. The number of nitrogens with one attached hydrogen (secondary N) is 2. The third-order valence-corrected chi connectivity index (χ3v) is 3.58. The lowest BCUT2D eigenvalue weighted by Gasteiger charge is -2.11. The summed E-state index contributed by atoms with van der Waals surface area (Å²) in [5.41, 5.74) is 0. The van der Waals surface area contributed by atoms with Gasteiger partial charge in [-0.25, -0.2) is 0 Å². The Kier molecular flexibility index (Phi) is 6.34. The smallest absolute Gasteiger partial charge is 0.220 e. The number of carbonyl (C=O) groups excluding carboxylic acids is 1. The Hall–Kier alpha value is -1.75. The monoisotopic (exact) mass is 292 g/mol. The largest absolute Gasteiger partial charge is 0.497 e. The quantitative estimate of drug-likeness (QED) is 0.716. The zero-order valence-electron chi connectivity index (χ0n) is 12.6. The first kappa shape index (κ1) is 15.6. The van der Waals surface area contributed by atoms with Crippen LogP contribution < -0.4 is 20.1 Å². The number of benzene rings is 1. The molecular formula is C16H24N2O3.